The third kappa shape index (κ3) is 6.37. The number of aromatic nitrogens is 2. The van der Waals surface area contributed by atoms with Crippen LogP contribution in [-0.4, -0.2) is 33.9 Å². The van der Waals surface area contributed by atoms with E-state index in [1.807, 2.05) is 50.6 Å². The van der Waals surface area contributed by atoms with E-state index in [-0.39, 0.29) is 12.1 Å². The number of ether oxygens (including phenoxy) is 2. The highest BCUT2D eigenvalue weighted by Gasteiger charge is 2.40. The Hall–Kier alpha value is -4.10. The summed E-state index contributed by atoms with van der Waals surface area (Å²) in [5.41, 5.74) is 5.17. The Labute approximate surface area is 220 Å². The highest BCUT2D eigenvalue weighted by Crippen LogP contribution is 2.45. The van der Waals surface area contributed by atoms with E-state index in [0.717, 1.165) is 23.9 Å². The summed E-state index contributed by atoms with van der Waals surface area (Å²) in [5.74, 6) is 0.0929. The number of halogens is 1. The number of carbonyl (C=O) groups is 2. The Balaban J connectivity index is 0.00000186. The predicted octanol–water partition coefficient (Wildman–Crippen LogP) is 5.89. The average molecular weight is 525 g/mol. The van der Waals surface area contributed by atoms with Crippen LogP contribution >= 0.6 is 11.6 Å². The summed E-state index contributed by atoms with van der Waals surface area (Å²) < 4.78 is 12.9. The van der Waals surface area contributed by atoms with Gasteiger partial charge in [-0.05, 0) is 63.4 Å². The van der Waals surface area contributed by atoms with Gasteiger partial charge in [-0.2, -0.15) is 10.4 Å². The fourth-order valence-electron chi connectivity index (χ4n) is 3.51. The molecule has 2 amide bonds. The first kappa shape index (κ1) is 27.5. The molecule has 0 saturated heterocycles. The molecule has 0 atom stereocenters. The number of alkyl carbamates (subject to hydrolysis) is 1. The Morgan fingerprint density at radius 2 is 2.00 bits per heavy atom. The summed E-state index contributed by atoms with van der Waals surface area (Å²) in [4.78, 5) is 27.8. The first-order valence-corrected chi connectivity index (χ1v) is 12.3. The van der Waals surface area contributed by atoms with Gasteiger partial charge < -0.3 is 14.0 Å². The summed E-state index contributed by atoms with van der Waals surface area (Å²) >= 11 is 6.47. The van der Waals surface area contributed by atoms with Crippen molar-refractivity contribution in [2.24, 2.45) is 5.10 Å². The zero-order valence-electron chi connectivity index (χ0n) is 21.4. The number of fused-ring (bicyclic) bond motifs is 1. The van der Waals surface area contributed by atoms with E-state index in [2.05, 4.69) is 31.7 Å². The smallest absolute Gasteiger partial charge is 0.414 e. The number of nitriles is 1. The highest BCUT2D eigenvalue weighted by atomic mass is 35.5. The van der Waals surface area contributed by atoms with E-state index in [1.165, 1.54) is 0 Å². The van der Waals surface area contributed by atoms with Gasteiger partial charge in [-0.3, -0.25) is 15.5 Å². The molecule has 194 valence electrons. The summed E-state index contributed by atoms with van der Waals surface area (Å²) in [5, 5.41) is 15.2. The number of benzene rings is 2. The van der Waals surface area contributed by atoms with Gasteiger partial charge in [0.05, 0.1) is 34.7 Å². The zero-order chi connectivity index (χ0) is 27.2. The van der Waals surface area contributed by atoms with Gasteiger partial charge in [0.25, 0.3) is 5.91 Å². The van der Waals surface area contributed by atoms with E-state index >= 15 is 0 Å². The van der Waals surface area contributed by atoms with Crippen LogP contribution in [0.15, 0.2) is 41.8 Å². The fraction of sp³-hybridized carbons (Fsp3) is 0.346. The molecule has 3 aromatic rings. The maximum absolute atomic E-state index is 12.0. The minimum Gasteiger partial charge on any atom is -0.455 e. The summed E-state index contributed by atoms with van der Waals surface area (Å²) in [6, 6.07) is 10.6. The molecule has 0 bridgehead atoms. The molecule has 10 nitrogen and oxygen atoms in total. The number of imide groups is 1. The molecular weight excluding hydrogens is 496 g/mol. The van der Waals surface area contributed by atoms with E-state index < -0.39 is 17.7 Å². The molecule has 4 rings (SSSR count). The first-order valence-electron chi connectivity index (χ1n) is 11.9. The number of nitrogens with zero attached hydrogens (tertiary/aromatic N) is 4. The summed E-state index contributed by atoms with van der Waals surface area (Å²) in [6.07, 6.45) is 3.13. The second-order valence-corrected chi connectivity index (χ2v) is 8.73. The average Bonchev–Trinajstić information content (AvgIpc) is 3.47. The molecule has 1 aliphatic carbocycles. The number of hydrazone groups is 1. The fourth-order valence-corrected chi connectivity index (χ4v) is 3.82. The third-order valence-corrected chi connectivity index (χ3v) is 5.91. The van der Waals surface area contributed by atoms with E-state index in [9.17, 15) is 14.9 Å². The van der Waals surface area contributed by atoms with Crippen LogP contribution < -0.4 is 15.5 Å². The number of rotatable bonds is 7. The van der Waals surface area contributed by atoms with Crippen LogP contribution in [0.3, 0.4) is 0 Å². The van der Waals surface area contributed by atoms with Crippen LogP contribution in [0.1, 0.15) is 46.1 Å². The lowest BCUT2D eigenvalue weighted by atomic mass is 10.2. The Morgan fingerprint density at radius 1 is 1.27 bits per heavy atom. The van der Waals surface area contributed by atoms with E-state index in [4.69, 9.17) is 16.3 Å². The van der Waals surface area contributed by atoms with Crippen LogP contribution in [0.25, 0.3) is 11.0 Å². The minimum atomic E-state index is -0.990. The van der Waals surface area contributed by atoms with E-state index in [1.54, 1.807) is 25.1 Å². The van der Waals surface area contributed by atoms with Gasteiger partial charge in [0, 0.05) is 11.6 Å². The van der Waals surface area contributed by atoms with Crippen LogP contribution in [0, 0.1) is 18.3 Å². The maximum atomic E-state index is 12.0. The first-order chi connectivity index (χ1) is 17.7. The Kier molecular flexibility index (Phi) is 8.73. The number of amides is 2. The zero-order valence-corrected chi connectivity index (χ0v) is 22.1. The lowest BCUT2D eigenvalue weighted by Crippen LogP contribution is -2.36. The van der Waals surface area contributed by atoms with Crippen LogP contribution in [0.5, 0.6) is 11.5 Å². The number of carbonyl (C=O) groups excluding carboxylic acids is 2. The minimum absolute atomic E-state index is 0.0828. The molecule has 37 heavy (non-hydrogen) atoms. The lowest BCUT2D eigenvalue weighted by Gasteiger charge is -2.14. The quantitative estimate of drug-likeness (QED) is 0.291. The lowest BCUT2D eigenvalue weighted by molar-refractivity contribution is -0.114. The molecule has 0 aliphatic heterocycles. The summed E-state index contributed by atoms with van der Waals surface area (Å²) in [6.45, 7) is 9.68. The largest absolute Gasteiger partial charge is 0.455 e. The molecule has 0 unspecified atom stereocenters. The highest BCUT2D eigenvalue weighted by molar-refractivity contribution is 6.46. The van der Waals surface area contributed by atoms with Crippen molar-refractivity contribution in [3.8, 4) is 17.6 Å². The molecule has 2 N–H and O–H groups in total. The predicted molar refractivity (Wildman–Crippen MR) is 142 cm³/mol. The Bertz CT molecular complexity index is 1360. The molecule has 0 radical (unpaired) electrons. The van der Waals surface area contributed by atoms with Crippen molar-refractivity contribution in [3.63, 3.8) is 0 Å². The molecule has 1 aliphatic rings. The van der Waals surface area contributed by atoms with Crippen molar-refractivity contribution in [2.75, 3.05) is 12.0 Å². The van der Waals surface area contributed by atoms with Gasteiger partial charge in [0.15, 0.2) is 0 Å². The number of nitrogens with one attached hydrogen (secondary N) is 2. The van der Waals surface area contributed by atoms with Crippen LogP contribution in [0.4, 0.5) is 10.5 Å². The topological polar surface area (TPSA) is 131 Å². The number of imidazole rings is 1. The van der Waals surface area contributed by atoms with Gasteiger partial charge in [-0.25, -0.2) is 9.78 Å². The normalized spacial score (nSPS) is 13.6. The number of hydrogen-bond acceptors (Lipinski definition) is 8. The van der Waals surface area contributed by atoms with Crippen LogP contribution in [0.2, 0.25) is 5.02 Å². The second-order valence-electron chi connectivity index (χ2n) is 8.33. The molecular formula is C26H29ClN6O4. The summed E-state index contributed by atoms with van der Waals surface area (Å²) in [7, 11) is 0. The number of hydrogen-bond donors (Lipinski definition) is 2. The SMILES string of the molecule is CC.CCOC(=O)NC(=O)/C(C#N)=N/Nc1cc(C)c(Oc2ccc3ncn(C4(C)CC4)c3c2)c(Cl)c1. The van der Waals surface area contributed by atoms with Crippen molar-refractivity contribution in [2.45, 2.75) is 53.0 Å². The van der Waals surface area contributed by atoms with Crippen molar-refractivity contribution in [1.29, 1.82) is 5.26 Å². The molecule has 1 fully saturated rings. The Morgan fingerprint density at radius 3 is 2.62 bits per heavy atom. The number of aryl methyl sites for hydroxylation is 1. The van der Waals surface area contributed by atoms with Crippen LogP contribution in [-0.2, 0) is 15.1 Å². The second kappa shape index (κ2) is 11.8. The molecule has 11 heteroatoms. The van der Waals surface area contributed by atoms with Gasteiger partial charge in [0.1, 0.15) is 17.6 Å². The third-order valence-electron chi connectivity index (χ3n) is 5.63. The van der Waals surface area contributed by atoms with Crippen molar-refractivity contribution in [1.82, 2.24) is 14.9 Å². The van der Waals surface area contributed by atoms with Crippen molar-refractivity contribution in [3.05, 3.63) is 47.2 Å². The molecule has 0 spiro atoms. The molecule has 1 saturated carbocycles. The maximum Gasteiger partial charge on any atom is 0.414 e. The van der Waals surface area contributed by atoms with Gasteiger partial charge >= 0.3 is 6.09 Å². The van der Waals surface area contributed by atoms with Gasteiger partial charge in [-0.15, -0.1) is 0 Å². The molecule has 1 heterocycles. The van der Waals surface area contributed by atoms with Gasteiger partial charge in [-0.1, -0.05) is 25.4 Å². The van der Waals surface area contributed by atoms with Crippen molar-refractivity contribution < 1.29 is 19.1 Å². The standard InChI is InChI=1S/C24H23ClN6O4.C2H6/c1-4-34-23(33)28-22(32)19(12-26)30-29-15-9-14(2)21(17(25)10-15)35-16-5-6-18-20(11-16)31(13-27-18)24(3)7-8-24;1-2/h5-6,9-11,13,29H,4,7-8H2,1-3H3,(H,28,32,33);1-2H3/b30-19+;. The monoisotopic (exact) mass is 524 g/mol. The molecule has 1 aromatic heterocycles. The number of anilines is 1. The van der Waals surface area contributed by atoms with Gasteiger partial charge in [0.2, 0.25) is 5.71 Å². The van der Waals surface area contributed by atoms with E-state index in [0.29, 0.717) is 27.8 Å². The molecule has 2 aromatic carbocycles. The van der Waals surface area contributed by atoms with Crippen molar-refractivity contribution >= 4 is 46.0 Å².